The molecule has 0 aliphatic carbocycles. The van der Waals surface area contributed by atoms with E-state index in [9.17, 15) is 39.0 Å². The highest BCUT2D eigenvalue weighted by atomic mass is 32.3. The van der Waals surface area contributed by atoms with Gasteiger partial charge in [0, 0.05) is 7.05 Å². The smallest absolute Gasteiger partial charge is 0.232 e. The first-order valence-corrected chi connectivity index (χ1v) is 5.40. The summed E-state index contributed by atoms with van der Waals surface area (Å²) in [6.07, 6.45) is 0. The van der Waals surface area contributed by atoms with Crippen molar-refractivity contribution in [2.24, 2.45) is 0 Å². The molecular weight excluding hydrogens is 276 g/mol. The lowest BCUT2D eigenvalue weighted by Crippen LogP contribution is -2.43. The molecule has 0 aliphatic rings. The zero-order valence-electron chi connectivity index (χ0n) is 6.76. The van der Waals surface area contributed by atoms with Gasteiger partial charge < -0.3 is 0 Å². The number of rotatable bonds is 2. The van der Waals surface area contributed by atoms with Crippen LogP contribution in [0.15, 0.2) is 0 Å². The van der Waals surface area contributed by atoms with Crippen molar-refractivity contribution in [3.8, 4) is 0 Å². The molecule has 4 nitrogen and oxygen atoms in total. The Balaban J connectivity index is 5.23. The van der Waals surface area contributed by atoms with Crippen LogP contribution >= 0.6 is 0 Å². The lowest BCUT2D eigenvalue weighted by atomic mass is 11.5. The van der Waals surface area contributed by atoms with E-state index < -0.39 is 35.7 Å². The second-order valence-electron chi connectivity index (χ2n) is 2.06. The Bertz CT molecular complexity index is 355. The Kier molecular flexibility index (Phi) is 3.81. The van der Waals surface area contributed by atoms with Gasteiger partial charge in [-0.05, 0) is 0 Å². The summed E-state index contributed by atoms with van der Waals surface area (Å²) in [6, 6.07) is 0. The standard InChI is InChI=1S/C3H3F6NO3S2/c1-10(14(11)2(4,5)6)15(12,13)3(7,8)9/h1H3. The molecular formula is C3H3F6NO3S2. The van der Waals surface area contributed by atoms with E-state index in [1.54, 1.807) is 0 Å². The number of halogens is 6. The first-order valence-electron chi connectivity index (χ1n) is 2.85. The van der Waals surface area contributed by atoms with Gasteiger partial charge >= 0.3 is 21.0 Å². The minimum Gasteiger partial charge on any atom is -0.232 e. The molecule has 0 rings (SSSR count). The van der Waals surface area contributed by atoms with E-state index in [2.05, 4.69) is 0 Å². The van der Waals surface area contributed by atoms with E-state index in [0.29, 0.717) is 0 Å². The molecule has 0 aromatic rings. The minimum atomic E-state index is -6.25. The highest BCUT2D eigenvalue weighted by Gasteiger charge is 2.55. The lowest BCUT2D eigenvalue weighted by Gasteiger charge is -2.18. The van der Waals surface area contributed by atoms with Crippen molar-refractivity contribution in [2.75, 3.05) is 7.05 Å². The third-order valence-electron chi connectivity index (χ3n) is 1.06. The van der Waals surface area contributed by atoms with E-state index in [1.165, 1.54) is 0 Å². The zero-order chi connectivity index (χ0) is 12.7. The van der Waals surface area contributed by atoms with E-state index in [4.69, 9.17) is 0 Å². The molecule has 92 valence electrons. The molecule has 0 radical (unpaired) electrons. The Morgan fingerprint density at radius 3 is 1.60 bits per heavy atom. The van der Waals surface area contributed by atoms with Crippen LogP contribution in [-0.2, 0) is 21.0 Å². The van der Waals surface area contributed by atoms with Crippen LogP contribution < -0.4 is 0 Å². The molecule has 0 N–H and O–H groups in total. The second kappa shape index (κ2) is 3.90. The lowest BCUT2D eigenvalue weighted by molar-refractivity contribution is -0.0494. The van der Waals surface area contributed by atoms with Crippen molar-refractivity contribution >= 4 is 21.0 Å². The number of sulfonamides is 1. The third-order valence-corrected chi connectivity index (χ3v) is 4.18. The summed E-state index contributed by atoms with van der Waals surface area (Å²) in [5.41, 5.74) is -11.5. The van der Waals surface area contributed by atoms with Crippen LogP contribution in [-0.4, -0.2) is 34.4 Å². The van der Waals surface area contributed by atoms with Crippen molar-refractivity contribution in [3.05, 3.63) is 0 Å². The average Bonchev–Trinajstić information content (AvgIpc) is 1.97. The number of alkyl halides is 6. The van der Waals surface area contributed by atoms with Gasteiger partial charge in [0.15, 0.2) is 0 Å². The van der Waals surface area contributed by atoms with Crippen LogP contribution in [0.25, 0.3) is 0 Å². The SMILES string of the molecule is CN(S(=O)C(F)(F)F)S(=O)(=O)C(F)(F)F. The molecule has 0 aromatic carbocycles. The summed E-state index contributed by atoms with van der Waals surface area (Å²) in [6.45, 7) is 0. The average molecular weight is 279 g/mol. The van der Waals surface area contributed by atoms with Gasteiger partial charge in [-0.2, -0.15) is 26.3 Å². The maximum Gasteiger partial charge on any atom is 0.512 e. The van der Waals surface area contributed by atoms with Gasteiger partial charge in [0.2, 0.25) is 11.0 Å². The van der Waals surface area contributed by atoms with Gasteiger partial charge in [-0.3, -0.25) is 0 Å². The molecule has 0 amide bonds. The zero-order valence-corrected chi connectivity index (χ0v) is 8.39. The maximum absolute atomic E-state index is 11.7. The number of hydrogen-bond donors (Lipinski definition) is 0. The maximum atomic E-state index is 11.7. The predicted molar refractivity (Wildman–Crippen MR) is 36.9 cm³/mol. The van der Waals surface area contributed by atoms with Gasteiger partial charge in [0.1, 0.15) is 0 Å². The van der Waals surface area contributed by atoms with E-state index >= 15 is 0 Å². The fraction of sp³-hybridized carbons (Fsp3) is 1.00. The molecule has 0 aromatic heterocycles. The van der Waals surface area contributed by atoms with E-state index in [0.717, 1.165) is 0 Å². The monoisotopic (exact) mass is 279 g/mol. The fourth-order valence-corrected chi connectivity index (χ4v) is 2.18. The highest BCUT2D eigenvalue weighted by Crippen LogP contribution is 2.31. The van der Waals surface area contributed by atoms with Crippen LogP contribution in [0.2, 0.25) is 0 Å². The molecule has 0 saturated heterocycles. The molecule has 15 heavy (non-hydrogen) atoms. The van der Waals surface area contributed by atoms with Gasteiger partial charge in [-0.1, -0.05) is 0 Å². The Labute approximate surface area is 82.5 Å². The Hall–Kier alpha value is -0.360. The van der Waals surface area contributed by atoms with Crippen LogP contribution in [0, 0.1) is 0 Å². The third kappa shape index (κ3) is 3.04. The largest absolute Gasteiger partial charge is 0.512 e. The summed E-state index contributed by atoms with van der Waals surface area (Å²) in [5, 5.41) is 0. The minimum absolute atomic E-state index is 0.0770. The molecule has 0 heterocycles. The van der Waals surface area contributed by atoms with Crippen molar-refractivity contribution in [1.82, 2.24) is 3.71 Å². The first-order chi connectivity index (χ1) is 6.32. The summed E-state index contributed by atoms with van der Waals surface area (Å²) < 4.78 is 99.7. The van der Waals surface area contributed by atoms with Gasteiger partial charge in [-0.15, -0.1) is 3.71 Å². The van der Waals surface area contributed by atoms with Gasteiger partial charge in [-0.25, -0.2) is 12.6 Å². The molecule has 0 saturated carbocycles. The number of nitrogens with zero attached hydrogens (tertiary/aromatic N) is 1. The normalized spacial score (nSPS) is 16.8. The van der Waals surface area contributed by atoms with Gasteiger partial charge in [0.25, 0.3) is 0 Å². The molecule has 0 aliphatic heterocycles. The van der Waals surface area contributed by atoms with E-state index in [-0.39, 0.29) is 7.05 Å². The molecule has 0 bridgehead atoms. The number of hydrogen-bond acceptors (Lipinski definition) is 3. The van der Waals surface area contributed by atoms with Crippen LogP contribution in [0.1, 0.15) is 0 Å². The summed E-state index contributed by atoms with van der Waals surface area (Å²) in [4.78, 5) is 0. The topological polar surface area (TPSA) is 54.5 Å². The Morgan fingerprint density at radius 2 is 1.40 bits per heavy atom. The summed E-state index contributed by atoms with van der Waals surface area (Å²) in [7, 11) is -10.6. The highest BCUT2D eigenvalue weighted by molar-refractivity contribution is 8.02. The second-order valence-corrected chi connectivity index (χ2v) is 5.76. The fourth-order valence-electron chi connectivity index (χ4n) is 0.381. The molecule has 1 atom stereocenters. The van der Waals surface area contributed by atoms with Crippen molar-refractivity contribution in [3.63, 3.8) is 0 Å². The Morgan fingerprint density at radius 1 is 1.07 bits per heavy atom. The van der Waals surface area contributed by atoms with Crippen molar-refractivity contribution in [1.29, 1.82) is 0 Å². The van der Waals surface area contributed by atoms with Gasteiger partial charge in [0.05, 0.1) is 0 Å². The van der Waals surface area contributed by atoms with Crippen molar-refractivity contribution < 1.29 is 39.0 Å². The quantitative estimate of drug-likeness (QED) is 0.707. The molecule has 0 fully saturated rings. The van der Waals surface area contributed by atoms with Crippen LogP contribution in [0.5, 0.6) is 0 Å². The van der Waals surface area contributed by atoms with Crippen LogP contribution in [0.3, 0.4) is 0 Å². The summed E-state index contributed by atoms with van der Waals surface area (Å²) in [5.74, 6) is 0. The first kappa shape index (κ1) is 14.6. The predicted octanol–water partition coefficient (Wildman–Crippen LogP) is 0.951. The molecule has 0 spiro atoms. The van der Waals surface area contributed by atoms with Crippen LogP contribution in [0.4, 0.5) is 26.3 Å². The molecule has 12 heteroatoms. The van der Waals surface area contributed by atoms with E-state index in [1.807, 2.05) is 0 Å². The van der Waals surface area contributed by atoms with Crippen molar-refractivity contribution in [2.45, 2.75) is 11.0 Å². The molecule has 1 unspecified atom stereocenters. The summed E-state index contributed by atoms with van der Waals surface area (Å²) >= 11 is 0.